The molecule has 0 aromatic heterocycles. The molecule has 2 atom stereocenters. The molecular weight excluding hydrogens is 322 g/mol. The van der Waals surface area contributed by atoms with Crippen LogP contribution in [0.2, 0.25) is 0 Å². The molecule has 1 N–H and O–H groups in total. The van der Waals surface area contributed by atoms with E-state index < -0.39 is 0 Å². The number of piperidine rings is 1. The van der Waals surface area contributed by atoms with E-state index in [-0.39, 0.29) is 10.6 Å². The van der Waals surface area contributed by atoms with Crippen LogP contribution in [0.15, 0.2) is 22.7 Å². The number of likely N-dealkylation sites (tertiary alicyclic amines) is 1. The van der Waals surface area contributed by atoms with Crippen LogP contribution in [0.3, 0.4) is 0 Å². The summed E-state index contributed by atoms with van der Waals surface area (Å²) in [7, 11) is 2.14. The van der Waals surface area contributed by atoms with Crippen LogP contribution >= 0.6 is 15.9 Å². The number of rotatable bonds is 4. The lowest BCUT2D eigenvalue weighted by Crippen LogP contribution is -2.45. The number of nitrogens with one attached hydrogen (secondary N) is 1. The molecule has 0 spiro atoms. The third-order valence-corrected chi connectivity index (χ3v) is 4.52. The van der Waals surface area contributed by atoms with Gasteiger partial charge in [0.2, 0.25) is 0 Å². The second-order valence-corrected chi connectivity index (χ2v) is 6.38. The number of halogens is 1. The van der Waals surface area contributed by atoms with Crippen molar-refractivity contribution < 1.29 is 4.92 Å². The Morgan fingerprint density at radius 3 is 2.95 bits per heavy atom. The molecule has 1 aliphatic rings. The maximum atomic E-state index is 11.0. The highest BCUT2D eigenvalue weighted by Crippen LogP contribution is 2.24. The molecule has 5 nitrogen and oxygen atoms in total. The van der Waals surface area contributed by atoms with Gasteiger partial charge >= 0.3 is 0 Å². The van der Waals surface area contributed by atoms with Crippen LogP contribution in [-0.2, 0) is 6.54 Å². The van der Waals surface area contributed by atoms with E-state index in [1.54, 1.807) is 12.1 Å². The van der Waals surface area contributed by atoms with Crippen LogP contribution < -0.4 is 5.32 Å². The zero-order valence-electron chi connectivity index (χ0n) is 11.8. The number of hydrogen-bond acceptors (Lipinski definition) is 4. The summed E-state index contributed by atoms with van der Waals surface area (Å²) in [6.07, 6.45) is 2.17. The van der Waals surface area contributed by atoms with E-state index in [4.69, 9.17) is 0 Å². The number of hydrogen-bond donors (Lipinski definition) is 1. The van der Waals surface area contributed by atoms with Gasteiger partial charge < -0.3 is 10.2 Å². The summed E-state index contributed by atoms with van der Waals surface area (Å²) >= 11 is 3.37. The van der Waals surface area contributed by atoms with Crippen LogP contribution in [0.5, 0.6) is 0 Å². The molecule has 2 rings (SSSR count). The van der Waals surface area contributed by atoms with Crippen molar-refractivity contribution in [2.24, 2.45) is 0 Å². The number of benzene rings is 1. The number of nitrogens with zero attached hydrogens (tertiary/aromatic N) is 2. The quantitative estimate of drug-likeness (QED) is 0.675. The van der Waals surface area contributed by atoms with Crippen molar-refractivity contribution in [3.05, 3.63) is 38.3 Å². The topological polar surface area (TPSA) is 58.4 Å². The minimum Gasteiger partial charge on any atom is -0.310 e. The van der Waals surface area contributed by atoms with Crippen molar-refractivity contribution in [1.82, 2.24) is 10.2 Å². The summed E-state index contributed by atoms with van der Waals surface area (Å²) < 4.78 is 0.872. The van der Waals surface area contributed by atoms with E-state index in [9.17, 15) is 10.1 Å². The molecule has 0 aliphatic carbocycles. The summed E-state index contributed by atoms with van der Waals surface area (Å²) in [5.74, 6) is 0. The summed E-state index contributed by atoms with van der Waals surface area (Å²) in [6, 6.07) is 6.07. The molecule has 1 heterocycles. The summed E-state index contributed by atoms with van der Waals surface area (Å²) in [5.41, 5.74) is 0.914. The molecule has 0 bridgehead atoms. The number of nitro groups is 1. The molecular formula is C14H20BrN3O2. The zero-order chi connectivity index (χ0) is 14.7. The Bertz CT molecular complexity index is 495. The van der Waals surface area contributed by atoms with E-state index >= 15 is 0 Å². The maximum absolute atomic E-state index is 11.0. The van der Waals surface area contributed by atoms with Gasteiger partial charge in [-0.3, -0.25) is 10.1 Å². The van der Waals surface area contributed by atoms with Gasteiger partial charge in [-0.15, -0.1) is 0 Å². The predicted octanol–water partition coefficient (Wildman–Crippen LogP) is 2.93. The van der Waals surface area contributed by atoms with Crippen molar-refractivity contribution >= 4 is 21.6 Å². The molecule has 0 radical (unpaired) electrons. The summed E-state index contributed by atoms with van der Waals surface area (Å²) in [5, 5.41) is 14.5. The molecule has 1 aliphatic heterocycles. The highest BCUT2D eigenvalue weighted by atomic mass is 79.9. The number of nitro benzene ring substituents is 1. The average molecular weight is 342 g/mol. The summed E-state index contributed by atoms with van der Waals surface area (Å²) in [4.78, 5) is 13.1. The molecule has 1 aromatic carbocycles. The SMILES string of the molecule is CC1CC(NCc2cc(Br)ccc2[N+](=O)[O-])CCN1C. The second kappa shape index (κ2) is 6.65. The lowest BCUT2D eigenvalue weighted by molar-refractivity contribution is -0.385. The Labute approximate surface area is 127 Å². The molecule has 1 aromatic rings. The van der Waals surface area contributed by atoms with Gasteiger partial charge in [-0.05, 0) is 45.5 Å². The predicted molar refractivity (Wildman–Crippen MR) is 82.8 cm³/mol. The minimum atomic E-state index is -0.319. The lowest BCUT2D eigenvalue weighted by Gasteiger charge is -2.35. The first kappa shape index (κ1) is 15.4. The van der Waals surface area contributed by atoms with Gasteiger partial charge in [-0.25, -0.2) is 0 Å². The molecule has 1 saturated heterocycles. The standard InChI is InChI=1S/C14H20BrN3O2/c1-10-7-13(5-6-17(10)2)16-9-11-8-12(15)3-4-14(11)18(19)20/h3-4,8,10,13,16H,5-7,9H2,1-2H3. The van der Waals surface area contributed by atoms with Crippen molar-refractivity contribution in [2.45, 2.75) is 38.4 Å². The minimum absolute atomic E-state index is 0.182. The maximum Gasteiger partial charge on any atom is 0.273 e. The molecule has 0 saturated carbocycles. The zero-order valence-corrected chi connectivity index (χ0v) is 13.4. The fourth-order valence-electron chi connectivity index (χ4n) is 2.60. The van der Waals surface area contributed by atoms with Gasteiger partial charge in [0.15, 0.2) is 0 Å². The van der Waals surface area contributed by atoms with E-state index in [2.05, 4.69) is 40.1 Å². The van der Waals surface area contributed by atoms with Gasteiger partial charge in [0, 0.05) is 34.7 Å². The smallest absolute Gasteiger partial charge is 0.273 e. The fourth-order valence-corrected chi connectivity index (χ4v) is 3.01. The van der Waals surface area contributed by atoms with Crippen molar-refractivity contribution in [1.29, 1.82) is 0 Å². The first-order chi connectivity index (χ1) is 9.47. The van der Waals surface area contributed by atoms with Gasteiger partial charge in [-0.2, -0.15) is 0 Å². The fraction of sp³-hybridized carbons (Fsp3) is 0.571. The lowest BCUT2D eigenvalue weighted by atomic mass is 9.98. The third-order valence-electron chi connectivity index (χ3n) is 4.03. The third kappa shape index (κ3) is 3.77. The average Bonchev–Trinajstić information content (AvgIpc) is 2.40. The van der Waals surface area contributed by atoms with E-state index in [0.717, 1.165) is 29.4 Å². The molecule has 110 valence electrons. The Morgan fingerprint density at radius 2 is 2.30 bits per heavy atom. The molecule has 20 heavy (non-hydrogen) atoms. The van der Waals surface area contributed by atoms with Gasteiger partial charge in [0.05, 0.1) is 4.92 Å². The molecule has 6 heteroatoms. The first-order valence-corrected chi connectivity index (χ1v) is 7.63. The van der Waals surface area contributed by atoms with Crippen LogP contribution in [-0.4, -0.2) is 35.5 Å². The van der Waals surface area contributed by atoms with Crippen molar-refractivity contribution in [2.75, 3.05) is 13.6 Å². The van der Waals surface area contributed by atoms with E-state index in [1.807, 2.05) is 6.07 Å². The van der Waals surface area contributed by atoms with Crippen LogP contribution in [0.1, 0.15) is 25.3 Å². The Kier molecular flexibility index (Phi) is 5.12. The Hall–Kier alpha value is -0.980. The van der Waals surface area contributed by atoms with Crippen molar-refractivity contribution in [3.8, 4) is 0 Å². The Balaban J connectivity index is 2.00. The first-order valence-electron chi connectivity index (χ1n) is 6.84. The normalized spacial score (nSPS) is 23.8. The molecule has 0 amide bonds. The summed E-state index contributed by atoms with van der Waals surface area (Å²) in [6.45, 7) is 3.83. The second-order valence-electron chi connectivity index (χ2n) is 5.46. The highest BCUT2D eigenvalue weighted by Gasteiger charge is 2.23. The van der Waals surface area contributed by atoms with Crippen LogP contribution in [0.25, 0.3) is 0 Å². The monoisotopic (exact) mass is 341 g/mol. The van der Waals surface area contributed by atoms with Gasteiger partial charge in [-0.1, -0.05) is 15.9 Å². The van der Waals surface area contributed by atoms with Crippen LogP contribution in [0.4, 0.5) is 5.69 Å². The Morgan fingerprint density at radius 1 is 1.55 bits per heavy atom. The van der Waals surface area contributed by atoms with Gasteiger partial charge in [0.1, 0.15) is 0 Å². The van der Waals surface area contributed by atoms with E-state index in [0.29, 0.717) is 18.6 Å². The van der Waals surface area contributed by atoms with E-state index in [1.165, 1.54) is 0 Å². The highest BCUT2D eigenvalue weighted by molar-refractivity contribution is 9.10. The largest absolute Gasteiger partial charge is 0.310 e. The molecule has 2 unspecified atom stereocenters. The van der Waals surface area contributed by atoms with Crippen molar-refractivity contribution in [3.63, 3.8) is 0 Å². The van der Waals surface area contributed by atoms with Crippen LogP contribution in [0, 0.1) is 10.1 Å². The molecule has 1 fully saturated rings. The van der Waals surface area contributed by atoms with Gasteiger partial charge in [0.25, 0.3) is 5.69 Å².